The number of carboxylic acid groups (broad SMARTS) is 1. The van der Waals surface area contributed by atoms with Crippen molar-refractivity contribution in [2.45, 2.75) is 32.8 Å². The number of hydrogen-bond donors (Lipinski definition) is 2. The van der Waals surface area contributed by atoms with Gasteiger partial charge in [0.1, 0.15) is 12.4 Å². The lowest BCUT2D eigenvalue weighted by atomic mass is 10.1. The first-order valence-electron chi connectivity index (χ1n) is 7.28. The Morgan fingerprint density at radius 3 is 2.73 bits per heavy atom. The summed E-state index contributed by atoms with van der Waals surface area (Å²) in [6, 6.07) is 7.22. The largest absolute Gasteiger partial charge is 0.485 e. The van der Waals surface area contributed by atoms with E-state index in [4.69, 9.17) is 15.6 Å². The summed E-state index contributed by atoms with van der Waals surface area (Å²) < 4.78 is 5.77. The van der Waals surface area contributed by atoms with Crippen LogP contribution in [0.3, 0.4) is 0 Å². The summed E-state index contributed by atoms with van der Waals surface area (Å²) in [6.07, 6.45) is 3.31. The highest BCUT2D eigenvalue weighted by Crippen LogP contribution is 2.31. The molecule has 3 N–H and O–H groups in total. The van der Waals surface area contributed by atoms with Gasteiger partial charge in [-0.15, -0.1) is 0 Å². The van der Waals surface area contributed by atoms with E-state index >= 15 is 0 Å². The van der Waals surface area contributed by atoms with Gasteiger partial charge in [0.2, 0.25) is 0 Å². The molecule has 0 radical (unpaired) electrons. The number of aromatic carboxylic acids is 1. The van der Waals surface area contributed by atoms with E-state index in [1.807, 2.05) is 12.1 Å². The van der Waals surface area contributed by atoms with Gasteiger partial charge in [-0.1, -0.05) is 0 Å². The second-order valence-corrected chi connectivity index (χ2v) is 5.54. The fraction of sp³-hybridized carbons (Fsp3) is 0.294. The number of nitrogens with zero attached hydrogens (tertiary/aromatic N) is 1. The van der Waals surface area contributed by atoms with Crippen LogP contribution >= 0.6 is 0 Å². The van der Waals surface area contributed by atoms with Gasteiger partial charge < -0.3 is 15.6 Å². The average Bonchev–Trinajstić information content (AvgIpc) is 2.91. The highest BCUT2D eigenvalue weighted by atomic mass is 16.5. The summed E-state index contributed by atoms with van der Waals surface area (Å²) >= 11 is 0. The lowest BCUT2D eigenvalue weighted by molar-refractivity contribution is 0.0695. The van der Waals surface area contributed by atoms with E-state index in [1.165, 1.54) is 11.1 Å². The number of nitrogen functional groups attached to an aromatic ring is 1. The number of anilines is 1. The number of aryl methyl sites for hydroxylation is 3. The van der Waals surface area contributed by atoms with Crippen LogP contribution in [0.25, 0.3) is 0 Å². The molecule has 3 rings (SSSR count). The van der Waals surface area contributed by atoms with Crippen LogP contribution in [-0.4, -0.2) is 16.1 Å². The summed E-state index contributed by atoms with van der Waals surface area (Å²) in [6.45, 7) is 1.94. The van der Waals surface area contributed by atoms with Crippen molar-refractivity contribution in [1.29, 1.82) is 0 Å². The number of carboxylic acids is 1. The molecule has 1 heterocycles. The van der Waals surface area contributed by atoms with Crippen molar-refractivity contribution in [3.63, 3.8) is 0 Å². The predicted octanol–water partition coefficient (Wildman–Crippen LogP) is 2.74. The molecule has 114 valence electrons. The average molecular weight is 298 g/mol. The van der Waals surface area contributed by atoms with Gasteiger partial charge in [-0.3, -0.25) is 4.98 Å². The summed E-state index contributed by atoms with van der Waals surface area (Å²) in [5.74, 6) is -0.303. The number of aromatic nitrogens is 1. The Morgan fingerprint density at radius 2 is 2.05 bits per heavy atom. The fourth-order valence-corrected chi connectivity index (χ4v) is 2.82. The maximum Gasteiger partial charge on any atom is 0.337 e. The van der Waals surface area contributed by atoms with Gasteiger partial charge in [-0.05, 0) is 61.6 Å². The third kappa shape index (κ3) is 2.74. The lowest BCUT2D eigenvalue weighted by Gasteiger charge is -2.11. The Labute approximate surface area is 128 Å². The first-order valence-corrected chi connectivity index (χ1v) is 7.28. The van der Waals surface area contributed by atoms with Gasteiger partial charge in [0.05, 0.1) is 22.6 Å². The summed E-state index contributed by atoms with van der Waals surface area (Å²) in [5.41, 5.74) is 10.7. The number of nitrogens with two attached hydrogens (primary N) is 1. The van der Waals surface area contributed by atoms with Crippen LogP contribution in [0.4, 0.5) is 5.69 Å². The highest BCUT2D eigenvalue weighted by molar-refractivity contribution is 5.88. The maximum atomic E-state index is 11.0. The summed E-state index contributed by atoms with van der Waals surface area (Å²) in [7, 11) is 0. The molecule has 22 heavy (non-hydrogen) atoms. The second kappa shape index (κ2) is 5.67. The molecule has 0 spiro atoms. The number of fused-ring (bicyclic) bond motifs is 1. The van der Waals surface area contributed by atoms with Crippen molar-refractivity contribution in [3.05, 3.63) is 52.3 Å². The summed E-state index contributed by atoms with van der Waals surface area (Å²) in [5, 5.41) is 9.00. The summed E-state index contributed by atoms with van der Waals surface area (Å²) in [4.78, 5) is 15.2. The zero-order valence-corrected chi connectivity index (χ0v) is 12.4. The molecule has 1 aromatic heterocycles. The van der Waals surface area contributed by atoms with Gasteiger partial charge in [0.15, 0.2) is 0 Å². The van der Waals surface area contributed by atoms with Crippen LogP contribution in [0.1, 0.15) is 39.3 Å². The fourth-order valence-electron chi connectivity index (χ4n) is 2.82. The van der Waals surface area contributed by atoms with Gasteiger partial charge in [-0.25, -0.2) is 4.79 Å². The minimum atomic E-state index is -0.972. The number of rotatable bonds is 4. The van der Waals surface area contributed by atoms with Crippen molar-refractivity contribution >= 4 is 11.7 Å². The van der Waals surface area contributed by atoms with E-state index in [0.717, 1.165) is 19.3 Å². The van der Waals surface area contributed by atoms with Gasteiger partial charge in [0, 0.05) is 0 Å². The molecule has 0 saturated heterocycles. The van der Waals surface area contributed by atoms with E-state index in [1.54, 1.807) is 19.1 Å². The van der Waals surface area contributed by atoms with Crippen LogP contribution in [0.2, 0.25) is 0 Å². The maximum absolute atomic E-state index is 11.0. The van der Waals surface area contributed by atoms with Crippen LogP contribution in [0.5, 0.6) is 5.75 Å². The second-order valence-electron chi connectivity index (χ2n) is 5.54. The number of benzene rings is 1. The smallest absolute Gasteiger partial charge is 0.337 e. The first-order chi connectivity index (χ1) is 10.5. The molecule has 5 heteroatoms. The molecule has 0 saturated carbocycles. The van der Waals surface area contributed by atoms with E-state index in [9.17, 15) is 4.79 Å². The topological polar surface area (TPSA) is 85.4 Å². The van der Waals surface area contributed by atoms with Crippen LogP contribution < -0.4 is 10.5 Å². The lowest BCUT2D eigenvalue weighted by Crippen LogP contribution is -2.06. The standard InChI is InChI=1S/C17H18N2O3/c1-10-14(17(20)21)6-5-13(19-10)9-22-16-8-12-4-2-3-11(12)7-15(16)18/h5-8H,2-4,9,18H2,1H3,(H,20,21). The molecular weight excluding hydrogens is 280 g/mol. The highest BCUT2D eigenvalue weighted by Gasteiger charge is 2.15. The van der Waals surface area contributed by atoms with Gasteiger partial charge in [0.25, 0.3) is 0 Å². The Hall–Kier alpha value is -2.56. The molecule has 1 aromatic carbocycles. The van der Waals surface area contributed by atoms with E-state index < -0.39 is 5.97 Å². The van der Waals surface area contributed by atoms with Crippen molar-refractivity contribution in [2.24, 2.45) is 0 Å². The Bertz CT molecular complexity index is 741. The van der Waals surface area contributed by atoms with Gasteiger partial charge >= 0.3 is 5.97 Å². The molecule has 0 aliphatic heterocycles. The SMILES string of the molecule is Cc1nc(COc2cc3c(cc2N)CCC3)ccc1C(=O)O. The molecule has 2 aromatic rings. The normalized spacial score (nSPS) is 13.0. The molecule has 0 bridgehead atoms. The van der Waals surface area contributed by atoms with Crippen molar-refractivity contribution < 1.29 is 14.6 Å². The van der Waals surface area contributed by atoms with Gasteiger partial charge in [-0.2, -0.15) is 0 Å². The Kier molecular flexibility index (Phi) is 3.71. The molecule has 0 amide bonds. The van der Waals surface area contributed by atoms with Crippen molar-refractivity contribution in [3.8, 4) is 5.75 Å². The van der Waals surface area contributed by atoms with Crippen molar-refractivity contribution in [1.82, 2.24) is 4.98 Å². The molecule has 0 unspecified atom stereocenters. The molecular formula is C17H18N2O3. The molecule has 5 nitrogen and oxygen atoms in total. The predicted molar refractivity (Wildman–Crippen MR) is 83.1 cm³/mol. The minimum Gasteiger partial charge on any atom is -0.485 e. The van der Waals surface area contributed by atoms with E-state index in [2.05, 4.69) is 4.98 Å². The van der Waals surface area contributed by atoms with Crippen LogP contribution in [-0.2, 0) is 19.4 Å². The van der Waals surface area contributed by atoms with E-state index in [0.29, 0.717) is 22.8 Å². The first kappa shape index (κ1) is 14.4. The zero-order valence-electron chi connectivity index (χ0n) is 12.4. The Balaban J connectivity index is 1.75. The molecule has 0 fully saturated rings. The monoisotopic (exact) mass is 298 g/mol. The number of hydrogen-bond acceptors (Lipinski definition) is 4. The van der Waals surface area contributed by atoms with Crippen LogP contribution in [0, 0.1) is 6.92 Å². The van der Waals surface area contributed by atoms with Crippen molar-refractivity contribution in [2.75, 3.05) is 5.73 Å². The number of ether oxygens (including phenoxy) is 1. The van der Waals surface area contributed by atoms with Crippen LogP contribution in [0.15, 0.2) is 24.3 Å². The third-order valence-corrected chi connectivity index (χ3v) is 3.97. The van der Waals surface area contributed by atoms with E-state index in [-0.39, 0.29) is 12.2 Å². The number of carbonyl (C=O) groups is 1. The molecule has 0 atom stereocenters. The number of pyridine rings is 1. The minimum absolute atomic E-state index is 0.209. The molecule has 1 aliphatic carbocycles. The zero-order chi connectivity index (χ0) is 15.7. The quantitative estimate of drug-likeness (QED) is 0.848. The molecule has 1 aliphatic rings. The Morgan fingerprint density at radius 1 is 1.32 bits per heavy atom. The third-order valence-electron chi connectivity index (χ3n) is 3.97.